The molecule has 0 saturated heterocycles. The second-order valence-electron chi connectivity index (χ2n) is 4.08. The molecule has 0 bridgehead atoms. The summed E-state index contributed by atoms with van der Waals surface area (Å²) in [4.78, 5) is 4.30. The minimum atomic E-state index is 0.153. The van der Waals surface area contributed by atoms with Crippen molar-refractivity contribution in [2.24, 2.45) is 11.7 Å². The van der Waals surface area contributed by atoms with Crippen LogP contribution in [-0.2, 0) is 5.41 Å². The smallest absolute Gasteiger partial charge is 0.129 e. The molecular formula is C9H15N3S. The van der Waals surface area contributed by atoms with Gasteiger partial charge in [0.2, 0.25) is 0 Å². The molecule has 4 heteroatoms. The summed E-state index contributed by atoms with van der Waals surface area (Å²) in [5, 5.41) is 1.14. The Balaban J connectivity index is 2.26. The summed E-state index contributed by atoms with van der Waals surface area (Å²) in [5.74, 6) is 0.785. The first kappa shape index (κ1) is 9.09. The van der Waals surface area contributed by atoms with Crippen molar-refractivity contribution in [1.29, 1.82) is 0 Å². The van der Waals surface area contributed by atoms with Gasteiger partial charge in [-0.25, -0.2) is 4.98 Å². The van der Waals surface area contributed by atoms with Crippen molar-refractivity contribution in [3.05, 3.63) is 11.3 Å². The van der Waals surface area contributed by atoms with Crippen LogP contribution in [0.3, 0.4) is 0 Å². The maximum Gasteiger partial charge on any atom is 0.129 e. The van der Waals surface area contributed by atoms with E-state index in [-0.39, 0.29) is 5.41 Å². The van der Waals surface area contributed by atoms with E-state index in [2.05, 4.69) is 16.3 Å². The molecule has 0 spiro atoms. The van der Waals surface area contributed by atoms with Crippen LogP contribution in [-0.4, -0.2) is 15.9 Å². The van der Waals surface area contributed by atoms with E-state index in [1.165, 1.54) is 30.8 Å². The zero-order chi connectivity index (χ0) is 9.31. The van der Waals surface area contributed by atoms with Crippen molar-refractivity contribution >= 4 is 11.5 Å². The molecule has 1 aliphatic rings. The standard InChI is InChI=1S/C9H15N3S/c1-7-2-3-9(4-7,5-10)8-11-6-12-13-8/h6-7H,2-5,10H2,1H3. The summed E-state index contributed by atoms with van der Waals surface area (Å²) in [5.41, 5.74) is 6.01. The van der Waals surface area contributed by atoms with E-state index in [0.717, 1.165) is 10.9 Å². The third kappa shape index (κ3) is 1.48. The van der Waals surface area contributed by atoms with Gasteiger partial charge in [-0.3, -0.25) is 0 Å². The molecule has 0 radical (unpaired) electrons. The summed E-state index contributed by atoms with van der Waals surface area (Å²) in [7, 11) is 0. The van der Waals surface area contributed by atoms with E-state index in [1.54, 1.807) is 6.33 Å². The van der Waals surface area contributed by atoms with E-state index in [0.29, 0.717) is 6.54 Å². The van der Waals surface area contributed by atoms with E-state index in [1.807, 2.05) is 0 Å². The van der Waals surface area contributed by atoms with Crippen LogP contribution in [0.2, 0.25) is 0 Å². The van der Waals surface area contributed by atoms with Gasteiger partial charge in [0.25, 0.3) is 0 Å². The Morgan fingerprint density at radius 1 is 1.77 bits per heavy atom. The molecule has 1 heterocycles. The number of hydrogen-bond acceptors (Lipinski definition) is 4. The summed E-state index contributed by atoms with van der Waals surface area (Å²) < 4.78 is 4.06. The first-order chi connectivity index (χ1) is 6.27. The van der Waals surface area contributed by atoms with E-state index in [4.69, 9.17) is 5.73 Å². The zero-order valence-corrected chi connectivity index (χ0v) is 8.68. The number of aromatic nitrogens is 2. The van der Waals surface area contributed by atoms with Crippen LogP contribution in [0.4, 0.5) is 0 Å². The van der Waals surface area contributed by atoms with Gasteiger partial charge in [0.05, 0.1) is 0 Å². The maximum absolute atomic E-state index is 5.86. The Kier molecular flexibility index (Phi) is 2.34. The number of hydrogen-bond donors (Lipinski definition) is 1. The fraction of sp³-hybridized carbons (Fsp3) is 0.778. The van der Waals surface area contributed by atoms with Gasteiger partial charge in [-0.2, -0.15) is 4.37 Å². The lowest BCUT2D eigenvalue weighted by Gasteiger charge is -2.23. The molecule has 2 unspecified atom stereocenters. The Bertz CT molecular complexity index is 272. The molecule has 0 aliphatic heterocycles. The van der Waals surface area contributed by atoms with Crippen LogP contribution in [0, 0.1) is 5.92 Å². The Morgan fingerprint density at radius 3 is 3.08 bits per heavy atom. The van der Waals surface area contributed by atoms with Crippen molar-refractivity contribution < 1.29 is 0 Å². The van der Waals surface area contributed by atoms with Crippen molar-refractivity contribution in [2.75, 3.05) is 6.54 Å². The molecule has 0 aromatic carbocycles. The van der Waals surface area contributed by atoms with Gasteiger partial charge in [0.1, 0.15) is 11.3 Å². The van der Waals surface area contributed by atoms with Gasteiger partial charge in [-0.05, 0) is 36.7 Å². The summed E-state index contributed by atoms with van der Waals surface area (Å²) in [6.45, 7) is 3.00. The van der Waals surface area contributed by atoms with E-state index < -0.39 is 0 Å². The van der Waals surface area contributed by atoms with Crippen LogP contribution in [0.25, 0.3) is 0 Å². The first-order valence-corrected chi connectivity index (χ1v) is 5.51. The van der Waals surface area contributed by atoms with E-state index in [9.17, 15) is 0 Å². The molecular weight excluding hydrogens is 182 g/mol. The normalized spacial score (nSPS) is 33.8. The minimum absolute atomic E-state index is 0.153. The van der Waals surface area contributed by atoms with Crippen LogP contribution in [0.5, 0.6) is 0 Å². The molecule has 2 atom stereocenters. The van der Waals surface area contributed by atoms with Gasteiger partial charge < -0.3 is 5.73 Å². The van der Waals surface area contributed by atoms with Gasteiger partial charge in [0, 0.05) is 12.0 Å². The monoisotopic (exact) mass is 197 g/mol. The molecule has 1 saturated carbocycles. The first-order valence-electron chi connectivity index (χ1n) is 4.74. The van der Waals surface area contributed by atoms with Gasteiger partial charge in [-0.1, -0.05) is 6.92 Å². The largest absolute Gasteiger partial charge is 0.329 e. The molecule has 0 amide bonds. The lowest BCUT2D eigenvalue weighted by Crippen LogP contribution is -2.32. The summed E-state index contributed by atoms with van der Waals surface area (Å²) in [6.07, 6.45) is 5.27. The predicted molar refractivity (Wildman–Crippen MR) is 53.7 cm³/mol. The van der Waals surface area contributed by atoms with Crippen molar-refractivity contribution in [1.82, 2.24) is 9.36 Å². The van der Waals surface area contributed by atoms with Crippen molar-refractivity contribution in [2.45, 2.75) is 31.6 Å². The molecule has 1 aromatic rings. The van der Waals surface area contributed by atoms with E-state index >= 15 is 0 Å². The lowest BCUT2D eigenvalue weighted by atomic mass is 9.86. The highest BCUT2D eigenvalue weighted by Crippen LogP contribution is 2.43. The predicted octanol–water partition coefficient (Wildman–Crippen LogP) is 1.55. The second-order valence-corrected chi connectivity index (χ2v) is 4.86. The molecule has 1 aliphatic carbocycles. The average Bonchev–Trinajstić information content (AvgIpc) is 2.73. The third-order valence-electron chi connectivity index (χ3n) is 3.06. The number of rotatable bonds is 2. The molecule has 72 valence electrons. The van der Waals surface area contributed by atoms with Crippen LogP contribution < -0.4 is 5.73 Å². The van der Waals surface area contributed by atoms with Crippen LogP contribution in [0.15, 0.2) is 6.33 Å². The highest BCUT2D eigenvalue weighted by Gasteiger charge is 2.40. The Morgan fingerprint density at radius 2 is 2.62 bits per heavy atom. The van der Waals surface area contributed by atoms with Gasteiger partial charge >= 0.3 is 0 Å². The van der Waals surface area contributed by atoms with Crippen molar-refractivity contribution in [3.63, 3.8) is 0 Å². The fourth-order valence-electron chi connectivity index (χ4n) is 2.27. The molecule has 1 aromatic heterocycles. The summed E-state index contributed by atoms with van der Waals surface area (Å²) in [6, 6.07) is 0. The van der Waals surface area contributed by atoms with Crippen molar-refractivity contribution in [3.8, 4) is 0 Å². The SMILES string of the molecule is CC1CCC(CN)(c2ncns2)C1. The van der Waals surface area contributed by atoms with Crippen LogP contribution in [0.1, 0.15) is 31.2 Å². The maximum atomic E-state index is 5.86. The quantitative estimate of drug-likeness (QED) is 0.782. The second kappa shape index (κ2) is 3.35. The average molecular weight is 197 g/mol. The number of nitrogens with zero attached hydrogens (tertiary/aromatic N) is 2. The highest BCUT2D eigenvalue weighted by molar-refractivity contribution is 7.05. The van der Waals surface area contributed by atoms with Crippen LogP contribution >= 0.6 is 11.5 Å². The molecule has 3 nitrogen and oxygen atoms in total. The minimum Gasteiger partial charge on any atom is -0.329 e. The summed E-state index contributed by atoms with van der Waals surface area (Å²) >= 11 is 1.50. The third-order valence-corrected chi connectivity index (χ3v) is 3.97. The van der Waals surface area contributed by atoms with Gasteiger partial charge in [0.15, 0.2) is 0 Å². The Labute approximate surface area is 82.5 Å². The lowest BCUT2D eigenvalue weighted by molar-refractivity contribution is 0.431. The molecule has 2 rings (SSSR count). The molecule has 1 fully saturated rings. The molecule has 13 heavy (non-hydrogen) atoms. The highest BCUT2D eigenvalue weighted by atomic mass is 32.1. The molecule has 2 N–H and O–H groups in total. The zero-order valence-electron chi connectivity index (χ0n) is 7.86. The van der Waals surface area contributed by atoms with Gasteiger partial charge in [-0.15, -0.1) is 0 Å². The number of nitrogens with two attached hydrogens (primary N) is 1. The topological polar surface area (TPSA) is 51.8 Å². The Hall–Kier alpha value is -0.480. The fourth-order valence-corrected chi connectivity index (χ4v) is 3.02.